The Balaban J connectivity index is 1.51. The summed E-state index contributed by atoms with van der Waals surface area (Å²) in [6.45, 7) is 4.29. The number of pyridine rings is 1. The van der Waals surface area contributed by atoms with Crippen LogP contribution in [0.1, 0.15) is 25.3 Å². The third kappa shape index (κ3) is 3.61. The van der Waals surface area contributed by atoms with Crippen LogP contribution in [0.4, 0.5) is 5.82 Å². The van der Waals surface area contributed by atoms with E-state index in [0.717, 1.165) is 23.2 Å². The second-order valence-corrected chi connectivity index (χ2v) is 6.22. The third-order valence-electron chi connectivity index (χ3n) is 4.33. The highest BCUT2D eigenvalue weighted by Gasteiger charge is 2.38. The van der Waals surface area contributed by atoms with Crippen molar-refractivity contribution in [3.05, 3.63) is 30.1 Å². The molecule has 0 aromatic carbocycles. The Kier molecular flexibility index (Phi) is 4.59. The summed E-state index contributed by atoms with van der Waals surface area (Å²) in [5.74, 6) is 0.983. The molecule has 0 aliphatic heterocycles. The third-order valence-corrected chi connectivity index (χ3v) is 4.33. The Morgan fingerprint density at radius 3 is 2.71 bits per heavy atom. The summed E-state index contributed by atoms with van der Waals surface area (Å²) in [5, 5.41) is 12.7. The van der Waals surface area contributed by atoms with Crippen LogP contribution < -0.4 is 10.6 Å². The number of nitrogens with zero attached hydrogens (tertiary/aromatic N) is 2. The molecular formula is C17H21N5O2. The average molecular weight is 327 g/mol. The van der Waals surface area contributed by atoms with Crippen LogP contribution in [0.15, 0.2) is 24.5 Å². The SMILES string of the molecule is Cc1c(NC(=O)CCNC(=O)[C@H]2C[C@H]2C)n[nH]c1-c1ccncc1. The van der Waals surface area contributed by atoms with Crippen molar-refractivity contribution in [1.29, 1.82) is 0 Å². The van der Waals surface area contributed by atoms with Gasteiger partial charge in [0.05, 0.1) is 5.69 Å². The van der Waals surface area contributed by atoms with E-state index in [1.165, 1.54) is 0 Å². The van der Waals surface area contributed by atoms with Crippen molar-refractivity contribution < 1.29 is 9.59 Å². The van der Waals surface area contributed by atoms with E-state index in [1.54, 1.807) is 12.4 Å². The maximum atomic E-state index is 12.0. The molecule has 2 heterocycles. The van der Waals surface area contributed by atoms with Crippen LogP contribution in [0.2, 0.25) is 0 Å². The van der Waals surface area contributed by atoms with E-state index in [-0.39, 0.29) is 24.2 Å². The Labute approximate surface area is 140 Å². The number of hydrogen-bond acceptors (Lipinski definition) is 4. The van der Waals surface area contributed by atoms with Gasteiger partial charge in [-0.25, -0.2) is 0 Å². The second-order valence-electron chi connectivity index (χ2n) is 6.22. The lowest BCUT2D eigenvalue weighted by Gasteiger charge is -2.05. The predicted molar refractivity (Wildman–Crippen MR) is 90.1 cm³/mol. The number of rotatable bonds is 6. The highest BCUT2D eigenvalue weighted by Crippen LogP contribution is 2.37. The van der Waals surface area contributed by atoms with Crippen LogP contribution in [0.3, 0.4) is 0 Å². The van der Waals surface area contributed by atoms with Crippen molar-refractivity contribution in [3.8, 4) is 11.3 Å². The maximum absolute atomic E-state index is 12.0. The van der Waals surface area contributed by atoms with E-state index in [1.807, 2.05) is 19.1 Å². The summed E-state index contributed by atoms with van der Waals surface area (Å²) in [6, 6.07) is 3.75. The molecule has 7 heteroatoms. The molecule has 0 saturated heterocycles. The molecule has 1 saturated carbocycles. The van der Waals surface area contributed by atoms with Crippen molar-refractivity contribution in [2.24, 2.45) is 11.8 Å². The van der Waals surface area contributed by atoms with E-state index in [0.29, 0.717) is 18.3 Å². The van der Waals surface area contributed by atoms with Crippen LogP contribution in [-0.4, -0.2) is 33.5 Å². The summed E-state index contributed by atoms with van der Waals surface area (Å²) in [5.41, 5.74) is 2.68. The van der Waals surface area contributed by atoms with Gasteiger partial charge in [-0.15, -0.1) is 0 Å². The van der Waals surface area contributed by atoms with Gasteiger partial charge in [0, 0.05) is 42.4 Å². The highest BCUT2D eigenvalue weighted by molar-refractivity contribution is 5.92. The Hall–Kier alpha value is -2.70. The minimum atomic E-state index is -0.171. The summed E-state index contributed by atoms with van der Waals surface area (Å²) in [4.78, 5) is 27.7. The number of H-pyrrole nitrogens is 1. The number of carbonyl (C=O) groups excluding carboxylic acids is 2. The van der Waals surface area contributed by atoms with Crippen LogP contribution in [0.5, 0.6) is 0 Å². The lowest BCUT2D eigenvalue weighted by atomic mass is 10.1. The fourth-order valence-corrected chi connectivity index (χ4v) is 2.63. The molecule has 0 bridgehead atoms. The van der Waals surface area contributed by atoms with Gasteiger partial charge >= 0.3 is 0 Å². The van der Waals surface area contributed by atoms with Crippen molar-refractivity contribution in [1.82, 2.24) is 20.5 Å². The second kappa shape index (κ2) is 6.82. The van der Waals surface area contributed by atoms with Gasteiger partial charge < -0.3 is 10.6 Å². The predicted octanol–water partition coefficient (Wildman–Crippen LogP) is 1.88. The van der Waals surface area contributed by atoms with Crippen molar-refractivity contribution in [2.45, 2.75) is 26.7 Å². The minimum Gasteiger partial charge on any atom is -0.355 e. The first kappa shape index (κ1) is 16.2. The number of hydrogen-bond donors (Lipinski definition) is 3. The zero-order valence-electron chi connectivity index (χ0n) is 13.8. The monoisotopic (exact) mass is 327 g/mol. The molecule has 0 radical (unpaired) electrons. The molecule has 24 heavy (non-hydrogen) atoms. The Morgan fingerprint density at radius 2 is 2.04 bits per heavy atom. The summed E-state index contributed by atoms with van der Waals surface area (Å²) in [7, 11) is 0. The van der Waals surface area contributed by atoms with Crippen molar-refractivity contribution >= 4 is 17.6 Å². The van der Waals surface area contributed by atoms with E-state index in [2.05, 4.69) is 32.7 Å². The number of carbonyl (C=O) groups is 2. The van der Waals surface area contributed by atoms with Gasteiger partial charge in [-0.05, 0) is 31.4 Å². The smallest absolute Gasteiger partial charge is 0.227 e. The molecule has 3 rings (SSSR count). The summed E-state index contributed by atoms with van der Waals surface area (Å²) in [6.07, 6.45) is 4.58. The molecule has 2 atom stereocenters. The molecule has 1 aliphatic rings. The molecule has 2 aromatic rings. The number of aromatic amines is 1. The van der Waals surface area contributed by atoms with Crippen LogP contribution >= 0.6 is 0 Å². The molecule has 126 valence electrons. The quantitative estimate of drug-likeness (QED) is 0.754. The first-order valence-corrected chi connectivity index (χ1v) is 8.09. The molecule has 0 unspecified atom stereocenters. The van der Waals surface area contributed by atoms with Gasteiger partial charge in [-0.3, -0.25) is 19.7 Å². The molecule has 2 aromatic heterocycles. The lowest BCUT2D eigenvalue weighted by molar-refractivity contribution is -0.122. The van der Waals surface area contributed by atoms with E-state index in [4.69, 9.17) is 0 Å². The van der Waals surface area contributed by atoms with E-state index in [9.17, 15) is 9.59 Å². The van der Waals surface area contributed by atoms with Gasteiger partial charge in [-0.2, -0.15) is 5.10 Å². The van der Waals surface area contributed by atoms with Crippen molar-refractivity contribution in [3.63, 3.8) is 0 Å². The zero-order valence-corrected chi connectivity index (χ0v) is 13.8. The molecule has 2 amide bonds. The van der Waals surface area contributed by atoms with Gasteiger partial charge in [0.15, 0.2) is 5.82 Å². The molecule has 1 aliphatic carbocycles. The molecular weight excluding hydrogens is 306 g/mol. The molecule has 1 fully saturated rings. The molecule has 3 N–H and O–H groups in total. The zero-order chi connectivity index (χ0) is 17.1. The number of nitrogens with one attached hydrogen (secondary N) is 3. The van der Waals surface area contributed by atoms with Gasteiger partial charge in [0.1, 0.15) is 0 Å². The average Bonchev–Trinajstić information content (AvgIpc) is 3.21. The molecule has 0 spiro atoms. The standard InChI is InChI=1S/C17H21N5O2/c1-10-9-13(10)17(24)19-8-5-14(23)20-16-11(2)15(21-22-16)12-3-6-18-7-4-12/h3-4,6-7,10,13H,5,8-9H2,1-2H3,(H,19,24)(H2,20,21,22,23)/t10-,13+/m1/s1. The molecule has 7 nitrogen and oxygen atoms in total. The summed E-state index contributed by atoms with van der Waals surface area (Å²) >= 11 is 0. The minimum absolute atomic E-state index is 0.0474. The fourth-order valence-electron chi connectivity index (χ4n) is 2.63. The first-order chi connectivity index (χ1) is 11.6. The Morgan fingerprint density at radius 1 is 1.33 bits per heavy atom. The number of amides is 2. The van der Waals surface area contributed by atoms with Crippen molar-refractivity contribution in [2.75, 3.05) is 11.9 Å². The van der Waals surface area contributed by atoms with Crippen LogP contribution in [-0.2, 0) is 9.59 Å². The van der Waals surface area contributed by atoms with Gasteiger partial charge in [0.25, 0.3) is 0 Å². The largest absolute Gasteiger partial charge is 0.355 e. The van der Waals surface area contributed by atoms with E-state index >= 15 is 0 Å². The Bertz CT molecular complexity index is 741. The summed E-state index contributed by atoms with van der Waals surface area (Å²) < 4.78 is 0. The van der Waals surface area contributed by atoms with E-state index < -0.39 is 0 Å². The van der Waals surface area contributed by atoms with Crippen LogP contribution in [0, 0.1) is 18.8 Å². The number of anilines is 1. The fraction of sp³-hybridized carbons (Fsp3) is 0.412. The normalized spacial score (nSPS) is 18.9. The lowest BCUT2D eigenvalue weighted by Crippen LogP contribution is -2.29. The highest BCUT2D eigenvalue weighted by atomic mass is 16.2. The topological polar surface area (TPSA) is 99.8 Å². The van der Waals surface area contributed by atoms with Crippen LogP contribution in [0.25, 0.3) is 11.3 Å². The first-order valence-electron chi connectivity index (χ1n) is 8.09. The van der Waals surface area contributed by atoms with Gasteiger partial charge in [-0.1, -0.05) is 6.92 Å². The van der Waals surface area contributed by atoms with Gasteiger partial charge in [0.2, 0.25) is 11.8 Å². The number of aromatic nitrogens is 3. The maximum Gasteiger partial charge on any atom is 0.227 e.